The van der Waals surface area contributed by atoms with E-state index in [0.29, 0.717) is 0 Å². The van der Waals surface area contributed by atoms with Gasteiger partial charge in [-0.05, 0) is 24.6 Å². The SMILES string of the molecule is Cc1c(C(=O)O)cccc1S(=O)(=O)CC(=O)NC(N)=O. The predicted molar refractivity (Wildman–Crippen MR) is 67.9 cm³/mol. The van der Waals surface area contributed by atoms with Crippen LogP contribution in [0.25, 0.3) is 0 Å². The minimum atomic E-state index is -4.07. The molecule has 0 atom stereocenters. The molecule has 0 heterocycles. The van der Waals surface area contributed by atoms with Gasteiger partial charge in [0.05, 0.1) is 10.5 Å². The quantitative estimate of drug-likeness (QED) is 0.694. The van der Waals surface area contributed by atoms with Crippen LogP contribution in [0.2, 0.25) is 0 Å². The van der Waals surface area contributed by atoms with Gasteiger partial charge >= 0.3 is 12.0 Å². The van der Waals surface area contributed by atoms with E-state index < -0.39 is 33.5 Å². The van der Waals surface area contributed by atoms with Crippen LogP contribution < -0.4 is 11.1 Å². The third-order valence-electron chi connectivity index (χ3n) is 2.43. The monoisotopic (exact) mass is 300 g/mol. The molecule has 0 bridgehead atoms. The van der Waals surface area contributed by atoms with Gasteiger partial charge in [0, 0.05) is 0 Å². The van der Waals surface area contributed by atoms with Gasteiger partial charge in [-0.3, -0.25) is 10.1 Å². The summed E-state index contributed by atoms with van der Waals surface area (Å²) in [5.74, 6) is -3.36. The first-order valence-electron chi connectivity index (χ1n) is 5.30. The number of primary amides is 1. The lowest BCUT2D eigenvalue weighted by Gasteiger charge is -2.09. The molecule has 0 fully saturated rings. The third-order valence-corrected chi connectivity index (χ3v) is 4.19. The molecule has 0 aliphatic heterocycles. The molecule has 4 N–H and O–H groups in total. The molecule has 0 radical (unpaired) electrons. The first-order valence-corrected chi connectivity index (χ1v) is 6.95. The van der Waals surface area contributed by atoms with E-state index in [9.17, 15) is 22.8 Å². The molecule has 0 saturated heterocycles. The fourth-order valence-corrected chi connectivity index (χ4v) is 3.04. The van der Waals surface area contributed by atoms with Gasteiger partial charge in [-0.1, -0.05) is 6.07 Å². The van der Waals surface area contributed by atoms with Crippen LogP contribution in [0.15, 0.2) is 23.1 Å². The van der Waals surface area contributed by atoms with Crippen molar-refractivity contribution in [1.82, 2.24) is 5.32 Å². The number of hydrogen-bond acceptors (Lipinski definition) is 5. The molecule has 8 nitrogen and oxygen atoms in total. The Bertz CT molecular complexity index is 680. The van der Waals surface area contributed by atoms with Crippen molar-refractivity contribution in [2.24, 2.45) is 5.73 Å². The zero-order valence-electron chi connectivity index (χ0n) is 10.4. The van der Waals surface area contributed by atoms with E-state index in [0.717, 1.165) is 0 Å². The second-order valence-electron chi connectivity index (χ2n) is 3.91. The lowest BCUT2D eigenvalue weighted by atomic mass is 10.1. The number of urea groups is 1. The average Bonchev–Trinajstić information content (AvgIpc) is 2.26. The Morgan fingerprint density at radius 2 is 1.90 bits per heavy atom. The molecule has 0 aliphatic rings. The number of rotatable bonds is 4. The molecular formula is C11H12N2O6S. The van der Waals surface area contributed by atoms with Crippen LogP contribution in [0.4, 0.5) is 4.79 Å². The van der Waals surface area contributed by atoms with Gasteiger partial charge in [0.1, 0.15) is 5.75 Å². The first kappa shape index (κ1) is 15.6. The molecule has 9 heteroatoms. The van der Waals surface area contributed by atoms with Gasteiger partial charge in [-0.15, -0.1) is 0 Å². The maximum Gasteiger partial charge on any atom is 0.335 e. The molecule has 3 amide bonds. The Morgan fingerprint density at radius 1 is 1.30 bits per heavy atom. The summed E-state index contributed by atoms with van der Waals surface area (Å²) in [6.45, 7) is 1.32. The minimum absolute atomic E-state index is 0.0203. The van der Waals surface area contributed by atoms with Gasteiger partial charge in [-0.2, -0.15) is 0 Å². The number of nitrogens with one attached hydrogen (secondary N) is 1. The summed E-state index contributed by atoms with van der Waals surface area (Å²) in [7, 11) is -4.07. The summed E-state index contributed by atoms with van der Waals surface area (Å²) in [6, 6.07) is 2.53. The third kappa shape index (κ3) is 3.54. The Hall–Kier alpha value is -2.42. The smallest absolute Gasteiger partial charge is 0.335 e. The molecular weight excluding hydrogens is 288 g/mol. The Balaban J connectivity index is 3.17. The van der Waals surface area contributed by atoms with Crippen LogP contribution in [-0.4, -0.2) is 37.2 Å². The van der Waals surface area contributed by atoms with E-state index in [1.807, 2.05) is 0 Å². The lowest BCUT2D eigenvalue weighted by Crippen LogP contribution is -2.38. The molecule has 0 unspecified atom stereocenters. The maximum absolute atomic E-state index is 12.0. The first-order chi connectivity index (χ1) is 9.15. The summed E-state index contributed by atoms with van der Waals surface area (Å²) < 4.78 is 24.0. The molecule has 108 valence electrons. The van der Waals surface area contributed by atoms with Crippen molar-refractivity contribution < 1.29 is 27.9 Å². The van der Waals surface area contributed by atoms with Crippen molar-refractivity contribution in [2.75, 3.05) is 5.75 Å². The number of carbonyl (C=O) groups is 3. The highest BCUT2D eigenvalue weighted by atomic mass is 32.2. The van der Waals surface area contributed by atoms with Crippen molar-refractivity contribution in [3.8, 4) is 0 Å². The van der Waals surface area contributed by atoms with Gasteiger partial charge in [0.25, 0.3) is 0 Å². The fourth-order valence-electron chi connectivity index (χ4n) is 1.61. The Labute approximate surface area is 114 Å². The van der Waals surface area contributed by atoms with Crippen LogP contribution in [0.3, 0.4) is 0 Å². The highest BCUT2D eigenvalue weighted by Crippen LogP contribution is 2.20. The molecule has 1 aromatic rings. The standard InChI is InChI=1S/C11H12N2O6S/c1-6-7(10(15)16)3-2-4-8(6)20(18,19)5-9(14)13-11(12)17/h2-4H,5H2,1H3,(H,15,16)(H3,12,13,14,17). The van der Waals surface area contributed by atoms with Crippen LogP contribution in [0.1, 0.15) is 15.9 Å². The van der Waals surface area contributed by atoms with Crippen molar-refractivity contribution >= 4 is 27.7 Å². The molecule has 1 rings (SSSR count). The maximum atomic E-state index is 12.0. The van der Waals surface area contributed by atoms with Gasteiger partial charge in [0.2, 0.25) is 5.91 Å². The normalized spacial score (nSPS) is 10.8. The number of benzene rings is 1. The van der Waals surface area contributed by atoms with E-state index in [2.05, 4.69) is 0 Å². The van der Waals surface area contributed by atoms with Crippen LogP contribution in [-0.2, 0) is 14.6 Å². The number of aromatic carboxylic acids is 1. The summed E-state index contributed by atoms with van der Waals surface area (Å²) in [5, 5.41) is 10.6. The van der Waals surface area contributed by atoms with Crippen LogP contribution in [0.5, 0.6) is 0 Å². The summed E-state index contributed by atoms with van der Waals surface area (Å²) >= 11 is 0. The van der Waals surface area contributed by atoms with E-state index in [-0.39, 0.29) is 16.0 Å². The molecule has 20 heavy (non-hydrogen) atoms. The van der Waals surface area contributed by atoms with Gasteiger partial charge < -0.3 is 10.8 Å². The number of amides is 3. The number of carbonyl (C=O) groups excluding carboxylic acids is 2. The highest BCUT2D eigenvalue weighted by Gasteiger charge is 2.24. The minimum Gasteiger partial charge on any atom is -0.478 e. The van der Waals surface area contributed by atoms with Crippen molar-refractivity contribution in [3.63, 3.8) is 0 Å². The van der Waals surface area contributed by atoms with Gasteiger partial charge in [-0.25, -0.2) is 18.0 Å². The summed E-state index contributed by atoms with van der Waals surface area (Å²) in [6.07, 6.45) is 0. The fraction of sp³-hybridized carbons (Fsp3) is 0.182. The topological polar surface area (TPSA) is 144 Å². The Kier molecular flexibility index (Phi) is 4.45. The Morgan fingerprint density at radius 3 is 2.40 bits per heavy atom. The molecule has 0 aliphatic carbocycles. The van der Waals surface area contributed by atoms with Crippen molar-refractivity contribution in [1.29, 1.82) is 0 Å². The number of carboxylic acids is 1. The van der Waals surface area contributed by atoms with Crippen LogP contribution in [0, 0.1) is 6.92 Å². The van der Waals surface area contributed by atoms with Crippen molar-refractivity contribution in [2.45, 2.75) is 11.8 Å². The van der Waals surface area contributed by atoms with Crippen molar-refractivity contribution in [3.05, 3.63) is 29.3 Å². The van der Waals surface area contributed by atoms with E-state index >= 15 is 0 Å². The molecule has 0 saturated carbocycles. The average molecular weight is 300 g/mol. The number of sulfone groups is 1. The lowest BCUT2D eigenvalue weighted by molar-refractivity contribution is -0.117. The predicted octanol–water partition coefficient (Wildman–Crippen LogP) is -0.338. The van der Waals surface area contributed by atoms with E-state index in [4.69, 9.17) is 10.8 Å². The number of carboxylic acid groups (broad SMARTS) is 1. The highest BCUT2D eigenvalue weighted by molar-refractivity contribution is 7.92. The second-order valence-corrected chi connectivity index (χ2v) is 5.86. The molecule has 0 aromatic heterocycles. The van der Waals surface area contributed by atoms with Crippen LogP contribution >= 0.6 is 0 Å². The molecule has 1 aromatic carbocycles. The zero-order valence-corrected chi connectivity index (χ0v) is 11.2. The summed E-state index contributed by atoms with van der Waals surface area (Å²) in [5.41, 5.74) is 4.54. The number of hydrogen-bond donors (Lipinski definition) is 3. The summed E-state index contributed by atoms with van der Waals surface area (Å²) in [4.78, 5) is 32.4. The van der Waals surface area contributed by atoms with E-state index in [1.165, 1.54) is 25.1 Å². The molecule has 0 spiro atoms. The number of nitrogens with two attached hydrogens (primary N) is 1. The van der Waals surface area contributed by atoms with E-state index in [1.54, 1.807) is 5.32 Å². The number of imide groups is 1. The zero-order chi connectivity index (χ0) is 15.5. The largest absolute Gasteiger partial charge is 0.478 e. The second kappa shape index (κ2) is 5.70. The van der Waals surface area contributed by atoms with Gasteiger partial charge in [0.15, 0.2) is 9.84 Å².